The van der Waals surface area contributed by atoms with E-state index < -0.39 is 5.97 Å². The smallest absolute Gasteiger partial charge is 0.304 e. The summed E-state index contributed by atoms with van der Waals surface area (Å²) in [6.07, 6.45) is 0.112. The SMILES string of the molecule is COCC(CC(=O)O)c1ccc(Br)s1. The van der Waals surface area contributed by atoms with Gasteiger partial charge in [-0.2, -0.15) is 0 Å². The molecule has 14 heavy (non-hydrogen) atoms. The lowest BCUT2D eigenvalue weighted by Gasteiger charge is -2.10. The van der Waals surface area contributed by atoms with E-state index in [1.54, 1.807) is 18.4 Å². The van der Waals surface area contributed by atoms with Crippen molar-refractivity contribution in [2.24, 2.45) is 0 Å². The van der Waals surface area contributed by atoms with Crippen LogP contribution in [0.5, 0.6) is 0 Å². The molecule has 0 saturated carbocycles. The van der Waals surface area contributed by atoms with E-state index in [9.17, 15) is 4.79 Å². The molecule has 5 heteroatoms. The first kappa shape index (κ1) is 11.7. The summed E-state index contributed by atoms with van der Waals surface area (Å²) in [5.41, 5.74) is 0. The Morgan fingerprint density at radius 2 is 2.43 bits per heavy atom. The van der Waals surface area contributed by atoms with Gasteiger partial charge in [0.2, 0.25) is 0 Å². The van der Waals surface area contributed by atoms with Gasteiger partial charge in [-0.1, -0.05) is 0 Å². The van der Waals surface area contributed by atoms with E-state index in [0.717, 1.165) is 8.66 Å². The number of carbonyl (C=O) groups is 1. The minimum Gasteiger partial charge on any atom is -0.481 e. The van der Waals surface area contributed by atoms with Crippen LogP contribution in [0.3, 0.4) is 0 Å². The number of aliphatic carboxylic acids is 1. The van der Waals surface area contributed by atoms with Gasteiger partial charge in [0.05, 0.1) is 16.8 Å². The Hall–Kier alpha value is -0.390. The molecule has 1 heterocycles. The van der Waals surface area contributed by atoms with Gasteiger partial charge in [0.1, 0.15) is 0 Å². The van der Waals surface area contributed by atoms with Crippen LogP contribution >= 0.6 is 27.3 Å². The first-order valence-corrected chi connectivity index (χ1v) is 5.70. The monoisotopic (exact) mass is 278 g/mol. The van der Waals surface area contributed by atoms with Crippen LogP contribution < -0.4 is 0 Å². The summed E-state index contributed by atoms with van der Waals surface area (Å²) in [5.74, 6) is -0.842. The number of halogens is 1. The summed E-state index contributed by atoms with van der Waals surface area (Å²) in [6, 6.07) is 3.85. The number of carboxylic acids is 1. The minimum atomic E-state index is -0.795. The van der Waals surface area contributed by atoms with Crippen molar-refractivity contribution in [2.75, 3.05) is 13.7 Å². The van der Waals surface area contributed by atoms with E-state index in [2.05, 4.69) is 15.9 Å². The van der Waals surface area contributed by atoms with Crippen molar-refractivity contribution in [3.05, 3.63) is 20.8 Å². The predicted octanol–water partition coefficient (Wildman–Crippen LogP) is 2.72. The van der Waals surface area contributed by atoms with Gasteiger partial charge in [-0.3, -0.25) is 4.79 Å². The first-order valence-electron chi connectivity index (χ1n) is 4.09. The van der Waals surface area contributed by atoms with Gasteiger partial charge in [-0.05, 0) is 28.1 Å². The Balaban J connectivity index is 2.71. The number of rotatable bonds is 5. The summed E-state index contributed by atoms with van der Waals surface area (Å²) in [4.78, 5) is 11.6. The number of thiophene rings is 1. The molecule has 1 aromatic heterocycles. The second-order valence-corrected chi connectivity index (χ2v) is 5.39. The molecule has 0 fully saturated rings. The molecule has 0 radical (unpaired) electrons. The lowest BCUT2D eigenvalue weighted by molar-refractivity contribution is -0.137. The van der Waals surface area contributed by atoms with Gasteiger partial charge in [0.25, 0.3) is 0 Å². The van der Waals surface area contributed by atoms with E-state index in [0.29, 0.717) is 6.61 Å². The Morgan fingerprint density at radius 3 is 2.86 bits per heavy atom. The first-order chi connectivity index (χ1) is 6.63. The maximum Gasteiger partial charge on any atom is 0.304 e. The molecule has 0 aliphatic rings. The molecule has 0 saturated heterocycles. The average Bonchev–Trinajstić information content (AvgIpc) is 2.50. The molecule has 0 bridgehead atoms. The van der Waals surface area contributed by atoms with Gasteiger partial charge in [-0.25, -0.2) is 0 Å². The van der Waals surface area contributed by atoms with Gasteiger partial charge in [-0.15, -0.1) is 11.3 Å². The van der Waals surface area contributed by atoms with Gasteiger partial charge in [0.15, 0.2) is 0 Å². The van der Waals surface area contributed by atoms with E-state index in [1.165, 1.54) is 0 Å². The third-order valence-corrected chi connectivity index (χ3v) is 3.57. The normalized spacial score (nSPS) is 12.7. The highest BCUT2D eigenvalue weighted by Crippen LogP contribution is 2.30. The molecule has 3 nitrogen and oxygen atoms in total. The summed E-state index contributed by atoms with van der Waals surface area (Å²) in [5, 5.41) is 8.72. The highest BCUT2D eigenvalue weighted by Gasteiger charge is 2.17. The largest absolute Gasteiger partial charge is 0.481 e. The molecule has 0 aromatic carbocycles. The molecule has 1 N–H and O–H groups in total. The molecule has 1 atom stereocenters. The summed E-state index contributed by atoms with van der Waals surface area (Å²) in [6.45, 7) is 0.444. The number of ether oxygens (including phenoxy) is 1. The molecule has 0 spiro atoms. The fourth-order valence-electron chi connectivity index (χ4n) is 1.20. The highest BCUT2D eigenvalue weighted by atomic mass is 79.9. The second kappa shape index (κ2) is 5.48. The molecule has 1 aromatic rings. The molecule has 1 unspecified atom stereocenters. The molecule has 0 amide bonds. The van der Waals surface area contributed by atoms with E-state index in [4.69, 9.17) is 9.84 Å². The zero-order valence-corrected chi connectivity index (χ0v) is 10.1. The number of methoxy groups -OCH3 is 1. The fraction of sp³-hybridized carbons (Fsp3) is 0.444. The molecule has 1 rings (SSSR count). The van der Waals surface area contributed by atoms with E-state index in [-0.39, 0.29) is 12.3 Å². The predicted molar refractivity (Wildman–Crippen MR) is 58.9 cm³/mol. The van der Waals surface area contributed by atoms with Crippen LogP contribution in [0.1, 0.15) is 17.2 Å². The topological polar surface area (TPSA) is 46.5 Å². The molecule has 78 valence electrons. The zero-order valence-electron chi connectivity index (χ0n) is 7.70. The Bertz CT molecular complexity index is 311. The standard InChI is InChI=1S/C9H11BrO3S/c1-13-5-6(4-9(11)12)7-2-3-8(10)14-7/h2-3,6H,4-5H2,1H3,(H,11,12). The lowest BCUT2D eigenvalue weighted by Crippen LogP contribution is -2.10. The van der Waals surface area contributed by atoms with Crippen molar-refractivity contribution < 1.29 is 14.6 Å². The van der Waals surface area contributed by atoms with Crippen molar-refractivity contribution in [3.8, 4) is 0 Å². The second-order valence-electron chi connectivity index (χ2n) is 2.89. The quantitative estimate of drug-likeness (QED) is 0.901. The molecular formula is C9H11BrO3S. The van der Waals surface area contributed by atoms with Crippen LogP contribution in [0, 0.1) is 0 Å². The maximum absolute atomic E-state index is 10.6. The number of hydrogen-bond acceptors (Lipinski definition) is 3. The summed E-state index contributed by atoms with van der Waals surface area (Å²) in [7, 11) is 1.58. The van der Waals surface area contributed by atoms with Crippen molar-refractivity contribution in [1.82, 2.24) is 0 Å². The van der Waals surface area contributed by atoms with Crippen molar-refractivity contribution >= 4 is 33.2 Å². The van der Waals surface area contributed by atoms with Crippen LogP contribution in [-0.2, 0) is 9.53 Å². The van der Waals surface area contributed by atoms with E-state index in [1.807, 2.05) is 12.1 Å². The highest BCUT2D eigenvalue weighted by molar-refractivity contribution is 9.11. The number of carboxylic acid groups (broad SMARTS) is 1. The molecular weight excluding hydrogens is 268 g/mol. The third-order valence-electron chi connectivity index (χ3n) is 1.79. The van der Waals surface area contributed by atoms with E-state index >= 15 is 0 Å². The van der Waals surface area contributed by atoms with Gasteiger partial charge in [0, 0.05) is 17.9 Å². The Morgan fingerprint density at radius 1 is 1.71 bits per heavy atom. The molecule has 0 aliphatic carbocycles. The minimum absolute atomic E-state index is 0.0474. The summed E-state index contributed by atoms with van der Waals surface area (Å²) < 4.78 is 6.01. The maximum atomic E-state index is 10.6. The zero-order chi connectivity index (χ0) is 10.6. The summed E-state index contributed by atoms with van der Waals surface area (Å²) >= 11 is 4.90. The van der Waals surface area contributed by atoms with Gasteiger partial charge >= 0.3 is 5.97 Å². The van der Waals surface area contributed by atoms with Gasteiger partial charge < -0.3 is 9.84 Å². The van der Waals surface area contributed by atoms with Crippen LogP contribution in [0.2, 0.25) is 0 Å². The lowest BCUT2D eigenvalue weighted by atomic mass is 10.1. The van der Waals surface area contributed by atoms with Crippen LogP contribution in [-0.4, -0.2) is 24.8 Å². The van der Waals surface area contributed by atoms with Crippen molar-refractivity contribution in [2.45, 2.75) is 12.3 Å². The Kier molecular flexibility index (Phi) is 4.57. The van der Waals surface area contributed by atoms with Crippen LogP contribution in [0.4, 0.5) is 0 Å². The van der Waals surface area contributed by atoms with Crippen molar-refractivity contribution in [1.29, 1.82) is 0 Å². The molecule has 0 aliphatic heterocycles. The number of hydrogen-bond donors (Lipinski definition) is 1. The van der Waals surface area contributed by atoms with Crippen molar-refractivity contribution in [3.63, 3.8) is 0 Å². The Labute approximate surface area is 94.8 Å². The van der Waals surface area contributed by atoms with Crippen LogP contribution in [0.15, 0.2) is 15.9 Å². The third kappa shape index (κ3) is 3.40. The fourth-order valence-corrected chi connectivity index (χ4v) is 2.71. The van der Waals surface area contributed by atoms with Crippen LogP contribution in [0.25, 0.3) is 0 Å². The average molecular weight is 279 g/mol.